The molecule has 0 saturated heterocycles. The van der Waals surface area contributed by atoms with Gasteiger partial charge in [-0.3, -0.25) is 14.5 Å². The second kappa shape index (κ2) is 7.64. The van der Waals surface area contributed by atoms with Crippen LogP contribution in [0.15, 0.2) is 18.2 Å². The number of carbonyl (C=O) groups is 2. The summed E-state index contributed by atoms with van der Waals surface area (Å²) in [4.78, 5) is 27.1. The summed E-state index contributed by atoms with van der Waals surface area (Å²) in [6.07, 6.45) is 0. The molecule has 6 heteroatoms. The average Bonchev–Trinajstić information content (AvgIpc) is 2.41. The molecule has 1 aromatic carbocycles. The van der Waals surface area contributed by atoms with Gasteiger partial charge in [-0.2, -0.15) is 0 Å². The summed E-state index contributed by atoms with van der Waals surface area (Å²) in [5, 5.41) is 2.83. The standard InChI is InChI=1S/C15H24N4O2/c1-5-19(10-15(21)18(3)4)9-14(20)17-13-8-12(16)7-6-11(13)2/h6-8H,5,9-10,16H2,1-4H3,(H,17,20). The lowest BCUT2D eigenvalue weighted by atomic mass is 10.2. The van der Waals surface area contributed by atoms with Gasteiger partial charge in [0, 0.05) is 25.5 Å². The highest BCUT2D eigenvalue weighted by atomic mass is 16.2. The van der Waals surface area contributed by atoms with Crippen LogP contribution in [0.1, 0.15) is 12.5 Å². The number of hydrogen-bond donors (Lipinski definition) is 2. The molecule has 21 heavy (non-hydrogen) atoms. The number of rotatable bonds is 6. The second-order valence-electron chi connectivity index (χ2n) is 5.21. The third-order valence-electron chi connectivity index (χ3n) is 3.21. The van der Waals surface area contributed by atoms with Gasteiger partial charge in [0.2, 0.25) is 11.8 Å². The number of amides is 2. The van der Waals surface area contributed by atoms with Crippen molar-refractivity contribution >= 4 is 23.2 Å². The smallest absolute Gasteiger partial charge is 0.238 e. The summed E-state index contributed by atoms with van der Waals surface area (Å²) in [6.45, 7) is 4.85. The Morgan fingerprint density at radius 2 is 1.90 bits per heavy atom. The Balaban J connectivity index is 2.62. The molecule has 1 rings (SSSR count). The molecule has 0 bridgehead atoms. The highest BCUT2D eigenvalue weighted by molar-refractivity contribution is 5.93. The van der Waals surface area contributed by atoms with Crippen molar-refractivity contribution in [1.29, 1.82) is 0 Å². The van der Waals surface area contributed by atoms with Gasteiger partial charge in [0.05, 0.1) is 13.1 Å². The highest BCUT2D eigenvalue weighted by Crippen LogP contribution is 2.17. The SMILES string of the molecule is CCN(CC(=O)Nc1cc(N)ccc1C)CC(=O)N(C)C. The first kappa shape index (κ1) is 17.0. The average molecular weight is 292 g/mol. The lowest BCUT2D eigenvalue weighted by Gasteiger charge is -2.21. The normalized spacial score (nSPS) is 10.5. The van der Waals surface area contributed by atoms with Crippen LogP contribution < -0.4 is 11.1 Å². The van der Waals surface area contributed by atoms with Crippen molar-refractivity contribution in [3.8, 4) is 0 Å². The van der Waals surface area contributed by atoms with Crippen LogP contribution in [0.2, 0.25) is 0 Å². The van der Waals surface area contributed by atoms with Crippen molar-refractivity contribution in [3.05, 3.63) is 23.8 Å². The van der Waals surface area contributed by atoms with E-state index in [1.54, 1.807) is 31.1 Å². The summed E-state index contributed by atoms with van der Waals surface area (Å²) in [7, 11) is 3.40. The van der Waals surface area contributed by atoms with E-state index < -0.39 is 0 Å². The number of nitrogens with two attached hydrogens (primary N) is 1. The number of aryl methyl sites for hydroxylation is 1. The molecule has 116 valence electrons. The van der Waals surface area contributed by atoms with Crippen LogP contribution in [0.25, 0.3) is 0 Å². The summed E-state index contributed by atoms with van der Waals surface area (Å²) < 4.78 is 0. The van der Waals surface area contributed by atoms with Crippen molar-refractivity contribution in [1.82, 2.24) is 9.80 Å². The maximum Gasteiger partial charge on any atom is 0.238 e. The molecule has 0 unspecified atom stereocenters. The molecule has 0 fully saturated rings. The van der Waals surface area contributed by atoms with E-state index in [0.717, 1.165) is 5.56 Å². The first-order chi connectivity index (χ1) is 9.83. The maximum atomic E-state index is 12.1. The van der Waals surface area contributed by atoms with Crippen molar-refractivity contribution in [2.45, 2.75) is 13.8 Å². The predicted molar refractivity (Wildman–Crippen MR) is 85.0 cm³/mol. The van der Waals surface area contributed by atoms with Crippen LogP contribution in [0.5, 0.6) is 0 Å². The van der Waals surface area contributed by atoms with E-state index in [9.17, 15) is 9.59 Å². The molecule has 0 saturated carbocycles. The van der Waals surface area contributed by atoms with Gasteiger partial charge >= 0.3 is 0 Å². The topological polar surface area (TPSA) is 78.7 Å². The minimum absolute atomic E-state index is 0.0233. The summed E-state index contributed by atoms with van der Waals surface area (Å²) >= 11 is 0. The van der Waals surface area contributed by atoms with Crippen LogP contribution in [0, 0.1) is 6.92 Å². The molecule has 0 aliphatic heterocycles. The van der Waals surface area contributed by atoms with Gasteiger partial charge in [-0.05, 0) is 31.2 Å². The minimum atomic E-state index is -0.155. The molecule has 0 atom stereocenters. The number of anilines is 2. The molecule has 0 spiro atoms. The van der Waals surface area contributed by atoms with Gasteiger partial charge in [-0.25, -0.2) is 0 Å². The lowest BCUT2D eigenvalue weighted by molar-refractivity contribution is -0.130. The summed E-state index contributed by atoms with van der Waals surface area (Å²) in [5.41, 5.74) is 7.97. The molecular formula is C15H24N4O2. The number of hydrogen-bond acceptors (Lipinski definition) is 4. The quantitative estimate of drug-likeness (QED) is 0.764. The Morgan fingerprint density at radius 3 is 2.48 bits per heavy atom. The first-order valence-corrected chi connectivity index (χ1v) is 6.92. The molecule has 3 N–H and O–H groups in total. The van der Waals surface area contributed by atoms with E-state index in [2.05, 4.69) is 5.32 Å². The summed E-state index contributed by atoms with van der Waals surface area (Å²) in [6, 6.07) is 5.38. The molecular weight excluding hydrogens is 268 g/mol. The fourth-order valence-electron chi connectivity index (χ4n) is 1.78. The monoisotopic (exact) mass is 292 g/mol. The zero-order chi connectivity index (χ0) is 16.0. The highest BCUT2D eigenvalue weighted by Gasteiger charge is 2.14. The fraction of sp³-hybridized carbons (Fsp3) is 0.467. The molecule has 0 heterocycles. The number of carbonyl (C=O) groups excluding carboxylic acids is 2. The second-order valence-corrected chi connectivity index (χ2v) is 5.21. The van der Waals surface area contributed by atoms with E-state index in [0.29, 0.717) is 17.9 Å². The molecule has 0 aliphatic carbocycles. The maximum absolute atomic E-state index is 12.1. The van der Waals surface area contributed by atoms with Crippen molar-refractivity contribution in [2.24, 2.45) is 0 Å². The third-order valence-corrected chi connectivity index (χ3v) is 3.21. The predicted octanol–water partition coefficient (Wildman–Crippen LogP) is 0.926. The number of benzene rings is 1. The Kier molecular flexibility index (Phi) is 6.17. The Morgan fingerprint density at radius 1 is 1.24 bits per heavy atom. The molecule has 0 aliphatic rings. The first-order valence-electron chi connectivity index (χ1n) is 6.92. The van der Waals surface area contributed by atoms with Crippen LogP contribution in [0.4, 0.5) is 11.4 Å². The Labute approximate surface area is 125 Å². The van der Waals surface area contributed by atoms with Crippen LogP contribution >= 0.6 is 0 Å². The van der Waals surface area contributed by atoms with Crippen molar-refractivity contribution in [2.75, 3.05) is 44.8 Å². The van der Waals surface area contributed by atoms with E-state index in [1.807, 2.05) is 19.9 Å². The zero-order valence-corrected chi connectivity index (χ0v) is 13.1. The number of nitrogens with zero attached hydrogens (tertiary/aromatic N) is 2. The van der Waals surface area contributed by atoms with Crippen molar-refractivity contribution < 1.29 is 9.59 Å². The van der Waals surface area contributed by atoms with Gasteiger partial charge in [-0.1, -0.05) is 13.0 Å². The van der Waals surface area contributed by atoms with E-state index >= 15 is 0 Å². The van der Waals surface area contributed by atoms with Gasteiger partial charge in [0.1, 0.15) is 0 Å². The number of nitrogen functional groups attached to an aromatic ring is 1. The van der Waals surface area contributed by atoms with E-state index in [1.165, 1.54) is 4.90 Å². The molecule has 0 aromatic heterocycles. The minimum Gasteiger partial charge on any atom is -0.399 e. The zero-order valence-electron chi connectivity index (χ0n) is 13.1. The van der Waals surface area contributed by atoms with Crippen LogP contribution in [-0.4, -0.2) is 55.3 Å². The number of nitrogens with one attached hydrogen (secondary N) is 1. The molecule has 0 radical (unpaired) electrons. The molecule has 6 nitrogen and oxygen atoms in total. The van der Waals surface area contributed by atoms with Gasteiger partial charge in [0.25, 0.3) is 0 Å². The van der Waals surface area contributed by atoms with E-state index in [4.69, 9.17) is 5.73 Å². The van der Waals surface area contributed by atoms with Crippen molar-refractivity contribution in [3.63, 3.8) is 0 Å². The summed E-state index contributed by atoms with van der Waals surface area (Å²) in [5.74, 6) is -0.179. The van der Waals surface area contributed by atoms with E-state index in [-0.39, 0.29) is 24.9 Å². The van der Waals surface area contributed by atoms with Gasteiger partial charge < -0.3 is 16.0 Å². The molecule has 2 amide bonds. The Bertz CT molecular complexity index is 514. The van der Waals surface area contributed by atoms with Crippen LogP contribution in [-0.2, 0) is 9.59 Å². The van der Waals surface area contributed by atoms with Gasteiger partial charge in [-0.15, -0.1) is 0 Å². The third kappa shape index (κ3) is 5.43. The molecule has 1 aromatic rings. The largest absolute Gasteiger partial charge is 0.399 e. The fourth-order valence-corrected chi connectivity index (χ4v) is 1.78. The lowest BCUT2D eigenvalue weighted by Crippen LogP contribution is -2.40. The Hall–Kier alpha value is -2.08. The van der Waals surface area contributed by atoms with Gasteiger partial charge in [0.15, 0.2) is 0 Å². The number of likely N-dealkylation sites (N-methyl/N-ethyl adjacent to an activating group) is 2. The van der Waals surface area contributed by atoms with Crippen LogP contribution in [0.3, 0.4) is 0 Å².